The van der Waals surface area contributed by atoms with Gasteiger partial charge < -0.3 is 25.4 Å². The average molecular weight is 469 g/mol. The first-order chi connectivity index (χ1) is 16.3. The number of hydrogen-bond acceptors (Lipinski definition) is 7. The van der Waals surface area contributed by atoms with Crippen LogP contribution in [0, 0.1) is 0 Å². The Kier molecular flexibility index (Phi) is 7.70. The smallest absolute Gasteiger partial charge is 0.243 e. The van der Waals surface area contributed by atoms with E-state index in [0.717, 1.165) is 55.5 Å². The summed E-state index contributed by atoms with van der Waals surface area (Å²) in [7, 11) is 4.33. The molecule has 34 heavy (non-hydrogen) atoms. The van der Waals surface area contributed by atoms with E-state index in [2.05, 4.69) is 64.9 Å². The van der Waals surface area contributed by atoms with Crippen molar-refractivity contribution in [1.29, 1.82) is 0 Å². The summed E-state index contributed by atoms with van der Waals surface area (Å²) in [6.45, 7) is 7.85. The van der Waals surface area contributed by atoms with E-state index in [0.29, 0.717) is 18.0 Å². The lowest BCUT2D eigenvalue weighted by molar-refractivity contribution is -0.117. The molecule has 1 amide bonds. The molecule has 0 saturated heterocycles. The third-order valence-corrected chi connectivity index (χ3v) is 7.28. The minimum Gasteiger partial charge on any atom is -0.365 e. The van der Waals surface area contributed by atoms with Gasteiger partial charge in [0.05, 0.1) is 6.33 Å². The van der Waals surface area contributed by atoms with Gasteiger partial charge in [0, 0.05) is 30.2 Å². The molecule has 186 valence electrons. The molecule has 2 atom stereocenters. The van der Waals surface area contributed by atoms with Crippen molar-refractivity contribution in [2.75, 3.05) is 24.7 Å². The monoisotopic (exact) mass is 468 g/mol. The number of aromatic nitrogens is 4. The molecule has 2 aliphatic carbocycles. The van der Waals surface area contributed by atoms with Crippen LogP contribution in [0.1, 0.15) is 71.3 Å². The van der Waals surface area contributed by atoms with E-state index in [1.165, 1.54) is 18.9 Å². The highest BCUT2D eigenvalue weighted by Gasteiger charge is 2.26. The van der Waals surface area contributed by atoms with Crippen LogP contribution < -0.4 is 16.0 Å². The number of imidazole rings is 1. The summed E-state index contributed by atoms with van der Waals surface area (Å²) < 4.78 is 2.10. The van der Waals surface area contributed by atoms with Crippen LogP contribution in [0.3, 0.4) is 0 Å². The van der Waals surface area contributed by atoms with Crippen LogP contribution in [-0.4, -0.2) is 68.6 Å². The average Bonchev–Trinajstić information content (AvgIpc) is 3.24. The van der Waals surface area contributed by atoms with Crippen LogP contribution in [0.15, 0.2) is 19.0 Å². The van der Waals surface area contributed by atoms with Crippen molar-refractivity contribution < 1.29 is 4.79 Å². The fourth-order valence-electron chi connectivity index (χ4n) is 5.28. The molecule has 0 aromatic carbocycles. The molecule has 0 aliphatic heterocycles. The minimum atomic E-state index is -0.110. The molecule has 2 heterocycles. The van der Waals surface area contributed by atoms with Gasteiger partial charge in [-0.2, -0.15) is 9.97 Å². The Bertz CT molecular complexity index is 992. The Labute approximate surface area is 202 Å². The number of amides is 1. The van der Waals surface area contributed by atoms with Gasteiger partial charge in [0.2, 0.25) is 11.9 Å². The van der Waals surface area contributed by atoms with Gasteiger partial charge in [0.25, 0.3) is 0 Å². The number of nitrogens with one attached hydrogen (secondary N) is 3. The highest BCUT2D eigenvalue weighted by Crippen LogP contribution is 2.29. The minimum absolute atomic E-state index is 0.110. The van der Waals surface area contributed by atoms with Crippen molar-refractivity contribution in [3.63, 3.8) is 0 Å². The van der Waals surface area contributed by atoms with Crippen LogP contribution in [0.2, 0.25) is 0 Å². The predicted molar refractivity (Wildman–Crippen MR) is 137 cm³/mol. The summed E-state index contributed by atoms with van der Waals surface area (Å²) in [5.74, 6) is 1.33. The Morgan fingerprint density at radius 2 is 1.82 bits per heavy atom. The molecule has 2 aromatic rings. The molecular weight excluding hydrogens is 428 g/mol. The molecule has 0 radical (unpaired) electrons. The van der Waals surface area contributed by atoms with Crippen LogP contribution >= 0.6 is 0 Å². The van der Waals surface area contributed by atoms with Gasteiger partial charge >= 0.3 is 0 Å². The molecular formula is C25H40N8O. The van der Waals surface area contributed by atoms with Crippen LogP contribution in [0.4, 0.5) is 11.8 Å². The lowest BCUT2D eigenvalue weighted by Crippen LogP contribution is -2.41. The molecule has 2 fully saturated rings. The molecule has 9 heteroatoms. The third-order valence-electron chi connectivity index (χ3n) is 7.28. The highest BCUT2D eigenvalue weighted by atomic mass is 16.1. The van der Waals surface area contributed by atoms with Gasteiger partial charge in [-0.1, -0.05) is 6.58 Å². The van der Waals surface area contributed by atoms with E-state index in [1.54, 1.807) is 0 Å². The number of fused-ring (bicyclic) bond motifs is 1. The zero-order valence-electron chi connectivity index (χ0n) is 21.0. The maximum absolute atomic E-state index is 11.8. The fourth-order valence-corrected chi connectivity index (χ4v) is 5.28. The normalized spacial score (nSPS) is 25.5. The Hall–Kier alpha value is -2.68. The van der Waals surface area contributed by atoms with Gasteiger partial charge in [-0.25, -0.2) is 4.98 Å². The molecule has 4 rings (SSSR count). The van der Waals surface area contributed by atoms with Crippen molar-refractivity contribution in [2.24, 2.45) is 0 Å². The van der Waals surface area contributed by atoms with E-state index in [4.69, 9.17) is 9.97 Å². The van der Waals surface area contributed by atoms with Gasteiger partial charge in [-0.3, -0.25) is 4.79 Å². The molecule has 3 N–H and O–H groups in total. The van der Waals surface area contributed by atoms with Crippen molar-refractivity contribution in [3.05, 3.63) is 19.0 Å². The number of anilines is 2. The van der Waals surface area contributed by atoms with E-state index < -0.39 is 0 Å². The fraction of sp³-hybridized carbons (Fsp3) is 0.680. The second-order valence-corrected chi connectivity index (χ2v) is 10.3. The number of carbonyl (C=O) groups is 1. The van der Waals surface area contributed by atoms with E-state index in [1.807, 2.05) is 6.33 Å². The maximum atomic E-state index is 11.8. The lowest BCUT2D eigenvalue weighted by atomic mass is 9.90. The molecule has 2 aromatic heterocycles. The summed E-state index contributed by atoms with van der Waals surface area (Å²) in [6.07, 6.45) is 11.7. The first-order valence-electron chi connectivity index (χ1n) is 12.7. The van der Waals surface area contributed by atoms with E-state index in [9.17, 15) is 4.79 Å². The molecule has 0 spiro atoms. The first-order valence-corrected chi connectivity index (χ1v) is 12.7. The maximum Gasteiger partial charge on any atom is 0.243 e. The predicted octanol–water partition coefficient (Wildman–Crippen LogP) is 3.72. The molecule has 2 unspecified atom stereocenters. The summed E-state index contributed by atoms with van der Waals surface area (Å²) >= 11 is 0. The Morgan fingerprint density at radius 3 is 2.50 bits per heavy atom. The largest absolute Gasteiger partial charge is 0.365 e. The van der Waals surface area contributed by atoms with Crippen LogP contribution in [0.5, 0.6) is 0 Å². The van der Waals surface area contributed by atoms with Crippen molar-refractivity contribution in [1.82, 2.24) is 29.7 Å². The van der Waals surface area contributed by atoms with Gasteiger partial charge in [0.15, 0.2) is 17.0 Å². The van der Waals surface area contributed by atoms with Crippen molar-refractivity contribution in [3.8, 4) is 0 Å². The van der Waals surface area contributed by atoms with Gasteiger partial charge in [-0.05, 0) is 85.4 Å². The summed E-state index contributed by atoms with van der Waals surface area (Å²) in [6, 6.07) is 1.65. The summed E-state index contributed by atoms with van der Waals surface area (Å²) in [5.41, 5.74) is 1.65. The zero-order chi connectivity index (χ0) is 24.2. The summed E-state index contributed by atoms with van der Waals surface area (Å²) in [5, 5.41) is 10.3. The molecule has 2 aliphatic rings. The zero-order valence-corrected chi connectivity index (χ0v) is 21.0. The third kappa shape index (κ3) is 5.68. The second kappa shape index (κ2) is 10.7. The topological polar surface area (TPSA) is 100 Å². The van der Waals surface area contributed by atoms with Gasteiger partial charge in [-0.15, -0.1) is 0 Å². The Balaban J connectivity index is 1.53. The standard InChI is InChI=1S/C25H40N8O/c1-6-21(34)27-18-8-7-9-19(14-18)28-23-22-24(33(15-26-22)16(2)3)31-25(30-23)29-17-10-12-20(13-11-17)32(4)5/h6,15-20H,1,7-14H2,2-5H3,(H,27,34)(H2,28,29,30,31)/t17-,18?,19?,20-. The second-order valence-electron chi connectivity index (χ2n) is 10.3. The SMILES string of the molecule is C=CC(=O)NC1CCCC(Nc2nc(N[C@H]3CC[C@H](N(C)C)CC3)nc3c2ncn3C(C)C)C1. The molecule has 0 bridgehead atoms. The highest BCUT2D eigenvalue weighted by molar-refractivity contribution is 5.87. The lowest BCUT2D eigenvalue weighted by Gasteiger charge is -2.33. The number of rotatable bonds is 8. The van der Waals surface area contributed by atoms with E-state index in [-0.39, 0.29) is 24.0 Å². The number of nitrogens with zero attached hydrogens (tertiary/aromatic N) is 5. The van der Waals surface area contributed by atoms with Crippen LogP contribution in [0.25, 0.3) is 11.2 Å². The molecule has 2 saturated carbocycles. The van der Waals surface area contributed by atoms with Crippen molar-refractivity contribution >= 4 is 28.8 Å². The van der Waals surface area contributed by atoms with Crippen LogP contribution in [-0.2, 0) is 4.79 Å². The number of hydrogen-bond donors (Lipinski definition) is 3. The Morgan fingerprint density at radius 1 is 1.09 bits per heavy atom. The van der Waals surface area contributed by atoms with Crippen molar-refractivity contribution in [2.45, 2.75) is 95.4 Å². The first kappa shape index (κ1) is 24.4. The van der Waals surface area contributed by atoms with E-state index >= 15 is 0 Å². The van der Waals surface area contributed by atoms with Gasteiger partial charge in [0.1, 0.15) is 0 Å². The quantitative estimate of drug-likeness (QED) is 0.508. The summed E-state index contributed by atoms with van der Waals surface area (Å²) in [4.78, 5) is 28.6. The number of carbonyl (C=O) groups excluding carboxylic acids is 1. The molecule has 9 nitrogen and oxygen atoms in total.